The Bertz CT molecular complexity index is 498. The fourth-order valence-corrected chi connectivity index (χ4v) is 2.29. The molecule has 1 aliphatic rings. The van der Waals surface area contributed by atoms with Gasteiger partial charge in [0.1, 0.15) is 5.52 Å². The normalized spacial score (nSPS) is 21.4. The summed E-state index contributed by atoms with van der Waals surface area (Å²) in [6, 6.07) is 6.17. The van der Waals surface area contributed by atoms with Crippen molar-refractivity contribution in [3.8, 4) is 0 Å². The Kier molecular flexibility index (Phi) is 2.40. The Morgan fingerprint density at radius 1 is 1.44 bits per heavy atom. The third-order valence-corrected chi connectivity index (χ3v) is 3.21. The summed E-state index contributed by atoms with van der Waals surface area (Å²) in [6.07, 6.45) is 2.39. The maximum absolute atomic E-state index is 5.84. The minimum atomic E-state index is 0.446. The van der Waals surface area contributed by atoms with E-state index in [4.69, 9.17) is 4.42 Å². The van der Waals surface area contributed by atoms with Gasteiger partial charge in [-0.05, 0) is 44.0 Å². The molecular formula is C13H16N2O. The number of piperidine rings is 1. The first-order chi connectivity index (χ1) is 7.83. The van der Waals surface area contributed by atoms with Crippen molar-refractivity contribution in [2.24, 2.45) is 0 Å². The van der Waals surface area contributed by atoms with E-state index in [0.29, 0.717) is 5.92 Å². The summed E-state index contributed by atoms with van der Waals surface area (Å²) in [4.78, 5) is 4.57. The summed E-state index contributed by atoms with van der Waals surface area (Å²) in [6.45, 7) is 4.19. The molecule has 3 heteroatoms. The molecule has 1 N–H and O–H groups in total. The smallest absolute Gasteiger partial charge is 0.199 e. The summed E-state index contributed by atoms with van der Waals surface area (Å²) < 4.78 is 5.84. The Labute approximate surface area is 94.9 Å². The van der Waals surface area contributed by atoms with Crippen LogP contribution in [0.4, 0.5) is 0 Å². The molecule has 1 atom stereocenters. The predicted molar refractivity (Wildman–Crippen MR) is 63.6 cm³/mol. The standard InChI is InChI=1S/C13H16N2O/c1-9-4-5-11-12(7-9)16-13(15-11)10-3-2-6-14-8-10/h4-5,7,10,14H,2-3,6,8H2,1H3/t10-/m0/s1. The van der Waals surface area contributed by atoms with Crippen LogP contribution in [-0.2, 0) is 0 Å². The van der Waals surface area contributed by atoms with Crippen LogP contribution < -0.4 is 5.32 Å². The van der Waals surface area contributed by atoms with Crippen LogP contribution in [0, 0.1) is 6.92 Å². The second-order valence-corrected chi connectivity index (χ2v) is 4.57. The van der Waals surface area contributed by atoms with E-state index in [1.54, 1.807) is 0 Å². The van der Waals surface area contributed by atoms with E-state index in [1.807, 2.05) is 6.07 Å². The number of aromatic nitrogens is 1. The van der Waals surface area contributed by atoms with Crippen molar-refractivity contribution in [1.82, 2.24) is 10.3 Å². The van der Waals surface area contributed by atoms with Crippen LogP contribution >= 0.6 is 0 Å². The highest BCUT2D eigenvalue weighted by molar-refractivity contribution is 5.73. The molecule has 0 radical (unpaired) electrons. The summed E-state index contributed by atoms with van der Waals surface area (Å²) in [7, 11) is 0. The first-order valence-electron chi connectivity index (χ1n) is 5.91. The van der Waals surface area contributed by atoms with Crippen molar-refractivity contribution in [2.75, 3.05) is 13.1 Å². The lowest BCUT2D eigenvalue weighted by molar-refractivity contribution is 0.387. The fraction of sp³-hybridized carbons (Fsp3) is 0.462. The van der Waals surface area contributed by atoms with Crippen molar-refractivity contribution in [3.63, 3.8) is 0 Å². The lowest BCUT2D eigenvalue weighted by atomic mass is 10.00. The van der Waals surface area contributed by atoms with Gasteiger partial charge in [0.2, 0.25) is 0 Å². The second-order valence-electron chi connectivity index (χ2n) is 4.57. The number of aryl methyl sites for hydroxylation is 1. The zero-order valence-corrected chi connectivity index (χ0v) is 9.49. The van der Waals surface area contributed by atoms with E-state index in [-0.39, 0.29) is 0 Å². The predicted octanol–water partition coefficient (Wildman–Crippen LogP) is 2.60. The van der Waals surface area contributed by atoms with Crippen LogP contribution in [0.2, 0.25) is 0 Å². The molecule has 3 rings (SSSR count). The highest BCUT2D eigenvalue weighted by atomic mass is 16.3. The molecule has 0 saturated carbocycles. The van der Waals surface area contributed by atoms with Crippen molar-refractivity contribution >= 4 is 11.1 Å². The average molecular weight is 216 g/mol. The van der Waals surface area contributed by atoms with Gasteiger partial charge in [-0.1, -0.05) is 6.07 Å². The average Bonchev–Trinajstić information content (AvgIpc) is 2.73. The van der Waals surface area contributed by atoms with Gasteiger partial charge in [-0.3, -0.25) is 0 Å². The van der Waals surface area contributed by atoms with Gasteiger partial charge >= 0.3 is 0 Å². The van der Waals surface area contributed by atoms with Crippen molar-refractivity contribution in [3.05, 3.63) is 29.7 Å². The first-order valence-corrected chi connectivity index (χ1v) is 5.91. The van der Waals surface area contributed by atoms with Crippen LogP contribution in [0.25, 0.3) is 11.1 Å². The number of nitrogens with one attached hydrogen (secondary N) is 1. The summed E-state index contributed by atoms with van der Waals surface area (Å²) in [5, 5.41) is 3.39. The number of fused-ring (bicyclic) bond motifs is 1. The Balaban J connectivity index is 1.97. The Morgan fingerprint density at radius 3 is 3.19 bits per heavy atom. The highest BCUT2D eigenvalue weighted by Crippen LogP contribution is 2.26. The second kappa shape index (κ2) is 3.91. The molecule has 0 aliphatic carbocycles. The minimum absolute atomic E-state index is 0.446. The van der Waals surface area contributed by atoms with Crippen LogP contribution in [0.1, 0.15) is 30.2 Å². The van der Waals surface area contributed by atoms with Gasteiger partial charge in [0.15, 0.2) is 11.5 Å². The van der Waals surface area contributed by atoms with E-state index in [9.17, 15) is 0 Å². The number of nitrogens with zero attached hydrogens (tertiary/aromatic N) is 1. The molecule has 84 valence electrons. The SMILES string of the molecule is Cc1ccc2nc([C@H]3CCCNC3)oc2c1. The molecule has 0 unspecified atom stereocenters. The molecule has 16 heavy (non-hydrogen) atoms. The molecule has 0 spiro atoms. The zero-order chi connectivity index (χ0) is 11.0. The molecule has 1 fully saturated rings. The number of hydrogen-bond acceptors (Lipinski definition) is 3. The lowest BCUT2D eigenvalue weighted by Gasteiger charge is -2.19. The maximum atomic E-state index is 5.84. The molecule has 0 amide bonds. The minimum Gasteiger partial charge on any atom is -0.440 e. The molecule has 0 bridgehead atoms. The number of hydrogen-bond donors (Lipinski definition) is 1. The van der Waals surface area contributed by atoms with E-state index in [2.05, 4.69) is 29.4 Å². The van der Waals surface area contributed by atoms with Gasteiger partial charge in [0.05, 0.1) is 0 Å². The molecule has 1 aromatic carbocycles. The molecular weight excluding hydrogens is 200 g/mol. The largest absolute Gasteiger partial charge is 0.440 e. The van der Waals surface area contributed by atoms with Gasteiger partial charge in [-0.15, -0.1) is 0 Å². The summed E-state index contributed by atoms with van der Waals surface area (Å²) in [5.41, 5.74) is 3.11. The third kappa shape index (κ3) is 1.71. The van der Waals surface area contributed by atoms with E-state index >= 15 is 0 Å². The molecule has 2 aromatic rings. The first kappa shape index (κ1) is 9.85. The summed E-state index contributed by atoms with van der Waals surface area (Å²) >= 11 is 0. The monoisotopic (exact) mass is 216 g/mol. The maximum Gasteiger partial charge on any atom is 0.199 e. The molecule has 1 aliphatic heterocycles. The van der Waals surface area contributed by atoms with E-state index in [1.165, 1.54) is 18.4 Å². The highest BCUT2D eigenvalue weighted by Gasteiger charge is 2.20. The molecule has 2 heterocycles. The fourth-order valence-electron chi connectivity index (χ4n) is 2.29. The Hall–Kier alpha value is -1.35. The number of benzene rings is 1. The molecule has 1 aromatic heterocycles. The molecule has 3 nitrogen and oxygen atoms in total. The Morgan fingerprint density at radius 2 is 2.38 bits per heavy atom. The quantitative estimate of drug-likeness (QED) is 0.796. The van der Waals surface area contributed by atoms with Crippen LogP contribution in [0.15, 0.2) is 22.6 Å². The van der Waals surface area contributed by atoms with Crippen molar-refractivity contribution in [1.29, 1.82) is 0 Å². The van der Waals surface area contributed by atoms with Crippen molar-refractivity contribution in [2.45, 2.75) is 25.7 Å². The van der Waals surface area contributed by atoms with Gasteiger partial charge in [0, 0.05) is 12.5 Å². The summed E-state index contributed by atoms with van der Waals surface area (Å²) in [5.74, 6) is 1.34. The topological polar surface area (TPSA) is 38.1 Å². The van der Waals surface area contributed by atoms with Gasteiger partial charge in [-0.25, -0.2) is 4.98 Å². The lowest BCUT2D eigenvalue weighted by Crippen LogP contribution is -2.28. The van der Waals surface area contributed by atoms with Gasteiger partial charge in [0.25, 0.3) is 0 Å². The van der Waals surface area contributed by atoms with Gasteiger partial charge in [-0.2, -0.15) is 0 Å². The number of oxazole rings is 1. The van der Waals surface area contributed by atoms with E-state index in [0.717, 1.165) is 30.1 Å². The van der Waals surface area contributed by atoms with Crippen molar-refractivity contribution < 1.29 is 4.42 Å². The van der Waals surface area contributed by atoms with Crippen LogP contribution in [0.3, 0.4) is 0 Å². The van der Waals surface area contributed by atoms with Crippen LogP contribution in [0.5, 0.6) is 0 Å². The molecule has 1 saturated heterocycles. The van der Waals surface area contributed by atoms with E-state index < -0.39 is 0 Å². The third-order valence-electron chi connectivity index (χ3n) is 3.21. The zero-order valence-electron chi connectivity index (χ0n) is 9.49. The van der Waals surface area contributed by atoms with Gasteiger partial charge < -0.3 is 9.73 Å². The van der Waals surface area contributed by atoms with Crippen LogP contribution in [-0.4, -0.2) is 18.1 Å². The number of rotatable bonds is 1.